The minimum atomic E-state index is -4.87. The van der Waals surface area contributed by atoms with E-state index in [1.807, 2.05) is 30.3 Å². The Morgan fingerprint density at radius 1 is 1.15 bits per heavy atom. The zero-order valence-electron chi connectivity index (χ0n) is 13.0. The van der Waals surface area contributed by atoms with Crippen LogP contribution in [0.15, 0.2) is 52.9 Å². The summed E-state index contributed by atoms with van der Waals surface area (Å²) in [5.41, 5.74) is 2.46. The van der Waals surface area contributed by atoms with Crippen LogP contribution in [0.25, 0.3) is 11.3 Å². The summed E-state index contributed by atoms with van der Waals surface area (Å²) in [4.78, 5) is 4.30. The van der Waals surface area contributed by atoms with Gasteiger partial charge in [0.25, 0.3) is 0 Å². The molecule has 0 aliphatic carbocycles. The van der Waals surface area contributed by atoms with Gasteiger partial charge in [-0.05, 0) is 6.07 Å². The number of alkyl halides is 3. The van der Waals surface area contributed by atoms with E-state index in [1.54, 1.807) is 5.38 Å². The van der Waals surface area contributed by atoms with Gasteiger partial charge < -0.3 is 5.11 Å². The van der Waals surface area contributed by atoms with Crippen LogP contribution in [0.2, 0.25) is 0 Å². The summed E-state index contributed by atoms with van der Waals surface area (Å²) in [6.07, 6.45) is -3.90. The van der Waals surface area contributed by atoms with Crippen molar-refractivity contribution in [3.63, 3.8) is 0 Å². The fourth-order valence-electron chi connectivity index (χ4n) is 2.12. The SMILES string of the molecule is Oc1cc(F)c(C(F)(F)F)cc1C=NNc1nc(-c2ccccc2)cs1. The van der Waals surface area contributed by atoms with Gasteiger partial charge in [-0.15, -0.1) is 11.3 Å². The standard InChI is InChI=1S/C17H11F4N3OS/c18-13-7-15(25)11(6-12(13)17(19,20)21)8-22-24-16-23-14(9-26-16)10-4-2-1-3-5-10/h1-9,25H,(H,23,24). The fourth-order valence-corrected chi connectivity index (χ4v) is 2.79. The number of nitrogens with one attached hydrogen (secondary N) is 1. The molecule has 2 aromatic carbocycles. The second kappa shape index (κ2) is 7.12. The monoisotopic (exact) mass is 381 g/mol. The van der Waals surface area contributed by atoms with Crippen LogP contribution < -0.4 is 5.43 Å². The first-order valence-corrected chi connectivity index (χ1v) is 8.12. The van der Waals surface area contributed by atoms with E-state index in [0.29, 0.717) is 17.3 Å². The summed E-state index contributed by atoms with van der Waals surface area (Å²) in [6.45, 7) is 0. The van der Waals surface area contributed by atoms with Gasteiger partial charge in [-0.2, -0.15) is 18.3 Å². The molecule has 0 unspecified atom stereocenters. The van der Waals surface area contributed by atoms with Gasteiger partial charge in [0.15, 0.2) is 0 Å². The first-order valence-electron chi connectivity index (χ1n) is 7.24. The molecule has 0 bridgehead atoms. The predicted octanol–water partition coefficient (Wildman–Crippen LogP) is 5.12. The molecule has 0 saturated carbocycles. The fraction of sp³-hybridized carbons (Fsp3) is 0.0588. The zero-order valence-corrected chi connectivity index (χ0v) is 13.8. The van der Waals surface area contributed by atoms with Gasteiger partial charge in [-0.25, -0.2) is 9.37 Å². The van der Waals surface area contributed by atoms with Gasteiger partial charge in [0.2, 0.25) is 5.13 Å². The first-order chi connectivity index (χ1) is 12.3. The number of rotatable bonds is 4. The summed E-state index contributed by atoms with van der Waals surface area (Å²) in [5, 5.41) is 15.6. The Balaban J connectivity index is 1.76. The van der Waals surface area contributed by atoms with Gasteiger partial charge in [0, 0.05) is 22.6 Å². The van der Waals surface area contributed by atoms with Crippen LogP contribution in [0.4, 0.5) is 22.7 Å². The lowest BCUT2D eigenvalue weighted by molar-refractivity contribution is -0.140. The maximum absolute atomic E-state index is 13.3. The molecule has 3 aromatic rings. The smallest absolute Gasteiger partial charge is 0.419 e. The van der Waals surface area contributed by atoms with Crippen molar-refractivity contribution >= 4 is 22.7 Å². The molecule has 0 saturated heterocycles. The highest BCUT2D eigenvalue weighted by molar-refractivity contribution is 7.14. The van der Waals surface area contributed by atoms with Crippen LogP contribution in [0.5, 0.6) is 5.75 Å². The average Bonchev–Trinajstić information content (AvgIpc) is 3.05. The van der Waals surface area contributed by atoms with Crippen molar-refractivity contribution in [2.24, 2.45) is 5.10 Å². The number of aromatic nitrogens is 1. The molecule has 0 aliphatic heterocycles. The Morgan fingerprint density at radius 3 is 2.58 bits per heavy atom. The molecule has 3 rings (SSSR count). The van der Waals surface area contributed by atoms with Crippen LogP contribution in [-0.4, -0.2) is 16.3 Å². The normalized spacial score (nSPS) is 11.8. The Hall–Kier alpha value is -2.94. The van der Waals surface area contributed by atoms with Crippen LogP contribution in [0.3, 0.4) is 0 Å². The summed E-state index contributed by atoms with van der Waals surface area (Å²) in [5.74, 6) is -2.20. The molecule has 0 radical (unpaired) electrons. The van der Waals surface area contributed by atoms with Crippen molar-refractivity contribution in [3.05, 3.63) is 64.8 Å². The van der Waals surface area contributed by atoms with Crippen LogP contribution in [-0.2, 0) is 6.18 Å². The summed E-state index contributed by atoms with van der Waals surface area (Å²) >= 11 is 1.26. The molecule has 134 valence electrons. The van der Waals surface area contributed by atoms with Crippen LogP contribution in [0.1, 0.15) is 11.1 Å². The second-order valence-corrected chi connectivity index (χ2v) is 6.02. The number of hydrazone groups is 1. The minimum absolute atomic E-state index is 0.272. The van der Waals surface area contributed by atoms with Crippen molar-refractivity contribution in [2.75, 3.05) is 5.43 Å². The number of aromatic hydroxyl groups is 1. The highest BCUT2D eigenvalue weighted by Crippen LogP contribution is 2.34. The molecule has 1 aromatic heterocycles. The first kappa shape index (κ1) is 17.9. The third-order valence-electron chi connectivity index (χ3n) is 3.36. The average molecular weight is 381 g/mol. The predicted molar refractivity (Wildman–Crippen MR) is 91.8 cm³/mol. The number of phenols is 1. The quantitative estimate of drug-likeness (QED) is 0.375. The highest BCUT2D eigenvalue weighted by Gasteiger charge is 2.34. The lowest BCUT2D eigenvalue weighted by Gasteiger charge is -2.09. The summed E-state index contributed by atoms with van der Waals surface area (Å²) in [6, 6.07) is 10.3. The van der Waals surface area contributed by atoms with Crippen LogP contribution in [0, 0.1) is 5.82 Å². The lowest BCUT2D eigenvalue weighted by atomic mass is 10.1. The molecule has 0 spiro atoms. The number of phenolic OH excluding ortho intramolecular Hbond substituents is 1. The third kappa shape index (κ3) is 3.99. The van der Waals surface area contributed by atoms with Gasteiger partial charge in [-0.1, -0.05) is 30.3 Å². The number of benzene rings is 2. The largest absolute Gasteiger partial charge is 0.507 e. The van der Waals surface area contributed by atoms with E-state index in [1.165, 1.54) is 11.3 Å². The van der Waals surface area contributed by atoms with E-state index in [4.69, 9.17) is 0 Å². The number of hydrogen-bond donors (Lipinski definition) is 2. The summed E-state index contributed by atoms with van der Waals surface area (Å²) < 4.78 is 51.5. The Labute approximate surface area is 149 Å². The third-order valence-corrected chi connectivity index (χ3v) is 4.11. The van der Waals surface area contributed by atoms with Gasteiger partial charge in [-0.3, -0.25) is 5.43 Å². The number of halogens is 4. The molecule has 0 amide bonds. The van der Waals surface area contributed by atoms with Gasteiger partial charge >= 0.3 is 6.18 Å². The molecule has 1 heterocycles. The molecular weight excluding hydrogens is 370 g/mol. The molecular formula is C17H11F4N3OS. The molecule has 9 heteroatoms. The topological polar surface area (TPSA) is 57.5 Å². The van der Waals surface area contributed by atoms with E-state index in [-0.39, 0.29) is 5.56 Å². The van der Waals surface area contributed by atoms with E-state index >= 15 is 0 Å². The second-order valence-electron chi connectivity index (χ2n) is 5.16. The maximum Gasteiger partial charge on any atom is 0.419 e. The van der Waals surface area contributed by atoms with Crippen molar-refractivity contribution in [1.82, 2.24) is 4.98 Å². The van der Waals surface area contributed by atoms with Crippen molar-refractivity contribution in [1.29, 1.82) is 0 Å². The molecule has 0 aliphatic rings. The summed E-state index contributed by atoms with van der Waals surface area (Å²) in [7, 11) is 0. The van der Waals surface area contributed by atoms with E-state index < -0.39 is 23.3 Å². The van der Waals surface area contributed by atoms with Crippen molar-refractivity contribution in [2.45, 2.75) is 6.18 Å². The number of anilines is 1. The number of nitrogens with zero attached hydrogens (tertiary/aromatic N) is 2. The molecule has 0 atom stereocenters. The molecule has 26 heavy (non-hydrogen) atoms. The van der Waals surface area contributed by atoms with E-state index in [9.17, 15) is 22.7 Å². The van der Waals surface area contributed by atoms with Gasteiger partial charge in [0.1, 0.15) is 11.6 Å². The molecule has 0 fully saturated rings. The minimum Gasteiger partial charge on any atom is -0.507 e. The molecule has 2 N–H and O–H groups in total. The lowest BCUT2D eigenvalue weighted by Crippen LogP contribution is -2.09. The Bertz CT molecular complexity index is 939. The highest BCUT2D eigenvalue weighted by atomic mass is 32.1. The Kier molecular flexibility index (Phi) is 4.90. The van der Waals surface area contributed by atoms with Crippen LogP contribution >= 0.6 is 11.3 Å². The Morgan fingerprint density at radius 2 is 1.88 bits per heavy atom. The van der Waals surface area contributed by atoms with Crippen molar-refractivity contribution in [3.8, 4) is 17.0 Å². The number of thiazole rings is 1. The zero-order chi connectivity index (χ0) is 18.7. The van der Waals surface area contributed by atoms with E-state index in [2.05, 4.69) is 15.5 Å². The number of hydrogen-bond acceptors (Lipinski definition) is 5. The van der Waals surface area contributed by atoms with E-state index in [0.717, 1.165) is 17.5 Å². The maximum atomic E-state index is 13.3. The van der Waals surface area contributed by atoms with Crippen molar-refractivity contribution < 1.29 is 22.7 Å². The molecule has 4 nitrogen and oxygen atoms in total. The van der Waals surface area contributed by atoms with Gasteiger partial charge in [0.05, 0.1) is 17.5 Å².